The lowest BCUT2D eigenvalue weighted by Crippen LogP contribution is -2.40. The van der Waals surface area contributed by atoms with Gasteiger partial charge in [-0.05, 0) is 25.8 Å². The first-order chi connectivity index (χ1) is 8.69. The van der Waals surface area contributed by atoms with Gasteiger partial charge in [0, 0.05) is 22.2 Å². The average molecular weight is 281 g/mol. The van der Waals surface area contributed by atoms with Gasteiger partial charge in [0.15, 0.2) is 0 Å². The summed E-state index contributed by atoms with van der Waals surface area (Å²) in [6.45, 7) is 11.0. The smallest absolute Gasteiger partial charge is 0.255 e. The Morgan fingerprint density at radius 3 is 2.53 bits per heavy atom. The zero-order chi connectivity index (χ0) is 14.4. The Balaban J connectivity index is 2.27. The van der Waals surface area contributed by atoms with E-state index in [-0.39, 0.29) is 11.3 Å². The molecule has 1 aromatic rings. The maximum absolute atomic E-state index is 12.6. The normalized spacial score (nSPS) is 25.9. The topological polar surface area (TPSA) is 40.5 Å². The van der Waals surface area contributed by atoms with Crippen LogP contribution in [-0.2, 0) is 6.42 Å². The van der Waals surface area contributed by atoms with Crippen molar-refractivity contribution in [1.82, 2.24) is 4.90 Å². The molecule has 1 saturated heterocycles. The van der Waals surface area contributed by atoms with Crippen molar-refractivity contribution >= 4 is 17.2 Å². The Labute approximate surface area is 119 Å². The zero-order valence-electron chi connectivity index (χ0n) is 12.4. The number of carbonyl (C=O) groups is 1. The number of hydrogen-bond donors (Lipinski definition) is 1. The first-order valence-corrected chi connectivity index (χ1v) is 7.66. The van der Waals surface area contributed by atoms with Gasteiger partial charge in [-0.3, -0.25) is 4.79 Å². The minimum atomic E-state index is -0.819. The van der Waals surface area contributed by atoms with Crippen molar-refractivity contribution in [3.63, 3.8) is 0 Å². The third-order valence-corrected chi connectivity index (χ3v) is 5.47. The molecule has 1 N–H and O–H groups in total. The van der Waals surface area contributed by atoms with Crippen LogP contribution in [0.25, 0.3) is 0 Å². The molecule has 1 amide bonds. The van der Waals surface area contributed by atoms with Crippen LogP contribution >= 0.6 is 11.3 Å². The number of aryl methyl sites for hydroxylation is 1. The largest absolute Gasteiger partial charge is 0.388 e. The number of hydrogen-bond acceptors (Lipinski definition) is 3. The van der Waals surface area contributed by atoms with E-state index in [0.717, 1.165) is 17.5 Å². The summed E-state index contributed by atoms with van der Waals surface area (Å²) in [5.74, 6) is 0.0621. The fourth-order valence-electron chi connectivity index (χ4n) is 2.70. The predicted octanol–water partition coefficient (Wildman–Crippen LogP) is 2.85. The van der Waals surface area contributed by atoms with Crippen molar-refractivity contribution in [2.45, 2.75) is 46.6 Å². The molecule has 19 heavy (non-hydrogen) atoms. The van der Waals surface area contributed by atoms with Gasteiger partial charge in [0.2, 0.25) is 0 Å². The van der Waals surface area contributed by atoms with Crippen LogP contribution in [0, 0.1) is 12.3 Å². The summed E-state index contributed by atoms with van der Waals surface area (Å²) in [6, 6.07) is 0. The Bertz CT molecular complexity index is 486. The molecule has 1 aliphatic rings. The van der Waals surface area contributed by atoms with Crippen molar-refractivity contribution in [3.05, 3.63) is 21.4 Å². The van der Waals surface area contributed by atoms with Gasteiger partial charge < -0.3 is 10.0 Å². The van der Waals surface area contributed by atoms with E-state index in [1.54, 1.807) is 16.2 Å². The number of likely N-dealkylation sites (tertiary alicyclic amines) is 1. The molecule has 3 nitrogen and oxygen atoms in total. The van der Waals surface area contributed by atoms with Gasteiger partial charge in [0.05, 0.1) is 17.7 Å². The van der Waals surface area contributed by atoms with E-state index < -0.39 is 5.60 Å². The number of aliphatic hydroxyl groups is 1. The predicted molar refractivity (Wildman–Crippen MR) is 78.7 cm³/mol. The first kappa shape index (κ1) is 14.5. The van der Waals surface area contributed by atoms with E-state index in [0.29, 0.717) is 13.1 Å². The van der Waals surface area contributed by atoms with E-state index in [2.05, 4.69) is 13.8 Å². The lowest BCUT2D eigenvalue weighted by atomic mass is 9.79. The average Bonchev–Trinajstić information content (AvgIpc) is 2.76. The Morgan fingerprint density at radius 2 is 2.05 bits per heavy atom. The lowest BCUT2D eigenvalue weighted by molar-refractivity contribution is -0.0108. The van der Waals surface area contributed by atoms with Crippen LogP contribution in [0.1, 0.15) is 48.5 Å². The van der Waals surface area contributed by atoms with Crippen molar-refractivity contribution in [2.24, 2.45) is 5.41 Å². The molecule has 0 aliphatic carbocycles. The summed E-state index contributed by atoms with van der Waals surface area (Å²) in [7, 11) is 0. The first-order valence-electron chi connectivity index (χ1n) is 6.78. The van der Waals surface area contributed by atoms with Gasteiger partial charge in [-0.15, -0.1) is 11.3 Å². The van der Waals surface area contributed by atoms with Crippen LogP contribution in [-0.4, -0.2) is 34.6 Å². The maximum atomic E-state index is 12.6. The molecule has 0 unspecified atom stereocenters. The van der Waals surface area contributed by atoms with E-state index >= 15 is 0 Å². The van der Waals surface area contributed by atoms with Gasteiger partial charge in [-0.1, -0.05) is 20.8 Å². The molecule has 1 fully saturated rings. The van der Waals surface area contributed by atoms with Crippen molar-refractivity contribution in [3.8, 4) is 0 Å². The second kappa shape index (κ2) is 4.60. The highest BCUT2D eigenvalue weighted by Gasteiger charge is 2.49. The van der Waals surface area contributed by atoms with Gasteiger partial charge in [0.25, 0.3) is 5.91 Å². The van der Waals surface area contributed by atoms with Gasteiger partial charge in [-0.25, -0.2) is 0 Å². The zero-order valence-corrected chi connectivity index (χ0v) is 13.2. The molecular formula is C15H23NO2S. The van der Waals surface area contributed by atoms with Crippen LogP contribution in [0.15, 0.2) is 5.38 Å². The molecule has 4 heteroatoms. The Hall–Kier alpha value is -0.870. The molecule has 106 valence electrons. The van der Waals surface area contributed by atoms with Gasteiger partial charge >= 0.3 is 0 Å². The quantitative estimate of drug-likeness (QED) is 0.905. The number of thiophene rings is 1. The summed E-state index contributed by atoms with van der Waals surface area (Å²) in [4.78, 5) is 15.6. The standard InChI is InChI=1S/C15H23NO2S/c1-6-11-10(2)19-7-12(11)13(17)16-8-14(3,4)15(5,18)9-16/h7,18H,6,8-9H2,1-5H3/t15-/m0/s1. The molecule has 0 spiro atoms. The van der Waals surface area contributed by atoms with E-state index in [9.17, 15) is 9.90 Å². The van der Waals surface area contributed by atoms with Crippen LogP contribution in [0.2, 0.25) is 0 Å². The monoisotopic (exact) mass is 281 g/mol. The fraction of sp³-hybridized carbons (Fsp3) is 0.667. The molecule has 0 radical (unpaired) electrons. The molecule has 1 aromatic heterocycles. The molecular weight excluding hydrogens is 258 g/mol. The molecule has 1 atom stereocenters. The van der Waals surface area contributed by atoms with E-state index in [1.165, 1.54) is 4.88 Å². The highest BCUT2D eigenvalue weighted by molar-refractivity contribution is 7.10. The summed E-state index contributed by atoms with van der Waals surface area (Å²) in [5, 5.41) is 12.4. The summed E-state index contributed by atoms with van der Waals surface area (Å²) < 4.78 is 0. The number of nitrogens with zero attached hydrogens (tertiary/aromatic N) is 1. The number of rotatable bonds is 2. The minimum Gasteiger partial charge on any atom is -0.388 e. The number of carbonyl (C=O) groups excluding carboxylic acids is 1. The third kappa shape index (κ3) is 2.32. The molecule has 0 bridgehead atoms. The highest BCUT2D eigenvalue weighted by Crippen LogP contribution is 2.39. The van der Waals surface area contributed by atoms with Crippen molar-refractivity contribution < 1.29 is 9.90 Å². The second-order valence-corrected chi connectivity index (χ2v) is 7.44. The fourth-order valence-corrected chi connectivity index (χ4v) is 3.64. The maximum Gasteiger partial charge on any atom is 0.255 e. The van der Waals surface area contributed by atoms with Crippen molar-refractivity contribution in [2.75, 3.05) is 13.1 Å². The van der Waals surface area contributed by atoms with Crippen LogP contribution < -0.4 is 0 Å². The number of amides is 1. The molecule has 0 saturated carbocycles. The Morgan fingerprint density at radius 1 is 1.42 bits per heavy atom. The summed E-state index contributed by atoms with van der Waals surface area (Å²) in [5.41, 5.74) is 0.887. The van der Waals surface area contributed by atoms with E-state index in [4.69, 9.17) is 0 Å². The van der Waals surface area contributed by atoms with Gasteiger partial charge in [-0.2, -0.15) is 0 Å². The van der Waals surface area contributed by atoms with Crippen LogP contribution in [0.5, 0.6) is 0 Å². The minimum absolute atomic E-state index is 0.0621. The number of β-amino-alcohol motifs (C(OH)–C–C–N with tert-alkyl or cyclic N) is 1. The van der Waals surface area contributed by atoms with Crippen molar-refractivity contribution in [1.29, 1.82) is 0 Å². The Kier molecular flexibility index (Phi) is 3.52. The molecule has 0 aromatic carbocycles. The van der Waals surface area contributed by atoms with Crippen LogP contribution in [0.4, 0.5) is 0 Å². The van der Waals surface area contributed by atoms with Gasteiger partial charge in [0.1, 0.15) is 0 Å². The molecule has 2 rings (SSSR count). The molecule has 2 heterocycles. The SMILES string of the molecule is CCc1c(C(=O)N2CC(C)(C)[C@@](C)(O)C2)csc1C. The molecule has 1 aliphatic heterocycles. The summed E-state index contributed by atoms with van der Waals surface area (Å²) >= 11 is 1.63. The lowest BCUT2D eigenvalue weighted by Gasteiger charge is -2.30. The summed E-state index contributed by atoms with van der Waals surface area (Å²) in [6.07, 6.45) is 0.879. The van der Waals surface area contributed by atoms with E-state index in [1.807, 2.05) is 26.2 Å². The second-order valence-electron chi connectivity index (χ2n) is 6.36. The highest BCUT2D eigenvalue weighted by atomic mass is 32.1. The van der Waals surface area contributed by atoms with Crippen LogP contribution in [0.3, 0.4) is 0 Å². The third-order valence-electron chi connectivity index (χ3n) is 4.52.